The molecule has 0 unspecified atom stereocenters. The van der Waals surface area contributed by atoms with E-state index in [0.717, 1.165) is 77.6 Å². The van der Waals surface area contributed by atoms with Gasteiger partial charge in [0.2, 0.25) is 0 Å². The molecule has 0 heterocycles. The average Bonchev–Trinajstić information content (AvgIpc) is 3.46. The van der Waals surface area contributed by atoms with Crippen molar-refractivity contribution < 1.29 is 46.9 Å². The Bertz CT molecular complexity index is 2980. The quantitative estimate of drug-likeness (QED) is 0.0245. The molecule has 7 aromatic rings. The van der Waals surface area contributed by atoms with Crippen molar-refractivity contribution in [2.45, 2.75) is 142 Å². The van der Waals surface area contributed by atoms with Gasteiger partial charge in [-0.15, -0.1) is 0 Å². The molecule has 414 valence electrons. The summed E-state index contributed by atoms with van der Waals surface area (Å²) in [5, 5.41) is 9.69. The zero-order chi connectivity index (χ0) is 56.5. The molecular formula is C69H71F2NO8. The van der Waals surface area contributed by atoms with Crippen LogP contribution in [-0.4, -0.2) is 23.9 Å². The third-order valence-corrected chi connectivity index (χ3v) is 14.1. The molecule has 7 aromatic carbocycles. The van der Waals surface area contributed by atoms with Gasteiger partial charge in [-0.3, -0.25) is 0 Å². The van der Waals surface area contributed by atoms with Crippen molar-refractivity contribution >= 4 is 23.9 Å². The first-order chi connectivity index (χ1) is 39.0. The molecule has 0 saturated carbocycles. The molecule has 0 fully saturated rings. The Morgan fingerprint density at radius 1 is 0.362 bits per heavy atom. The molecule has 9 nitrogen and oxygen atoms in total. The first-order valence-corrected chi connectivity index (χ1v) is 28.4. The molecule has 0 spiro atoms. The maximum atomic E-state index is 15.4. The summed E-state index contributed by atoms with van der Waals surface area (Å²) in [4.78, 5) is 52.4. The largest absolute Gasteiger partial charge is 0.423 e. The molecule has 0 aromatic heterocycles. The lowest BCUT2D eigenvalue weighted by atomic mass is 10.00. The summed E-state index contributed by atoms with van der Waals surface area (Å²) in [6.07, 6.45) is 25.3. The van der Waals surface area contributed by atoms with Gasteiger partial charge in [0, 0.05) is 18.2 Å². The van der Waals surface area contributed by atoms with Crippen LogP contribution in [-0.2, 0) is 12.8 Å². The summed E-state index contributed by atoms with van der Waals surface area (Å²) >= 11 is 0. The molecule has 0 saturated heterocycles. The van der Waals surface area contributed by atoms with E-state index in [-0.39, 0.29) is 39.7 Å². The van der Waals surface area contributed by atoms with Gasteiger partial charge in [0.05, 0.1) is 33.9 Å². The summed E-state index contributed by atoms with van der Waals surface area (Å²) in [6, 6.07) is 42.3. The second-order valence-electron chi connectivity index (χ2n) is 20.4. The van der Waals surface area contributed by atoms with E-state index in [0.29, 0.717) is 0 Å². The minimum absolute atomic E-state index is 0.0976. The molecule has 0 bridgehead atoms. The summed E-state index contributed by atoms with van der Waals surface area (Å²) in [5.41, 5.74) is 5.78. The first kappa shape index (κ1) is 59.4. The Kier molecular flexibility index (Phi) is 23.3. The number of halogens is 2. The van der Waals surface area contributed by atoms with Gasteiger partial charge >= 0.3 is 23.9 Å². The Morgan fingerprint density at radius 2 is 0.675 bits per heavy atom. The lowest BCUT2D eigenvalue weighted by Crippen LogP contribution is -2.14. The number of ether oxygens (including phenoxy) is 4. The van der Waals surface area contributed by atoms with Crippen LogP contribution in [0.25, 0.3) is 22.3 Å². The van der Waals surface area contributed by atoms with E-state index in [1.165, 1.54) is 139 Å². The van der Waals surface area contributed by atoms with Crippen LogP contribution in [0.5, 0.6) is 23.0 Å². The Labute approximate surface area is 469 Å². The third kappa shape index (κ3) is 18.4. The molecule has 80 heavy (non-hydrogen) atoms. The first-order valence-electron chi connectivity index (χ1n) is 28.4. The van der Waals surface area contributed by atoms with Crippen LogP contribution in [0.3, 0.4) is 0 Å². The van der Waals surface area contributed by atoms with E-state index in [1.54, 1.807) is 24.3 Å². The zero-order valence-corrected chi connectivity index (χ0v) is 46.0. The highest BCUT2D eigenvalue weighted by atomic mass is 19.1. The van der Waals surface area contributed by atoms with Crippen molar-refractivity contribution in [3.05, 3.63) is 202 Å². The highest BCUT2D eigenvalue weighted by Gasteiger charge is 2.21. The minimum Gasteiger partial charge on any atom is -0.423 e. The number of esters is 4. The molecular weight excluding hydrogens is 1010 g/mol. The number of rotatable bonds is 30. The third-order valence-electron chi connectivity index (χ3n) is 14.1. The summed E-state index contributed by atoms with van der Waals surface area (Å²) < 4.78 is 52.3. The van der Waals surface area contributed by atoms with E-state index in [9.17, 15) is 24.4 Å². The van der Waals surface area contributed by atoms with Crippen molar-refractivity contribution in [1.29, 1.82) is 5.26 Å². The van der Waals surface area contributed by atoms with E-state index < -0.39 is 46.6 Å². The number of carbonyl (C=O) groups excluding carboxylic acids is 4. The van der Waals surface area contributed by atoms with Crippen molar-refractivity contribution in [2.75, 3.05) is 0 Å². The predicted octanol–water partition coefficient (Wildman–Crippen LogP) is 18.2. The van der Waals surface area contributed by atoms with Crippen LogP contribution < -0.4 is 18.9 Å². The summed E-state index contributed by atoms with van der Waals surface area (Å²) in [5.74, 6) is -6.80. The molecule has 0 amide bonds. The van der Waals surface area contributed by atoms with Gasteiger partial charge in [0.15, 0.2) is 0 Å². The van der Waals surface area contributed by atoms with Gasteiger partial charge in [-0.25, -0.2) is 28.0 Å². The monoisotopic (exact) mass is 1080 g/mol. The number of nitriles is 1. The fraction of sp³-hybridized carbons (Fsp3) is 0.319. The fourth-order valence-corrected chi connectivity index (χ4v) is 9.46. The van der Waals surface area contributed by atoms with Gasteiger partial charge in [-0.2, -0.15) is 5.26 Å². The molecule has 0 radical (unpaired) electrons. The number of aryl methyl sites for hydroxylation is 2. The Balaban J connectivity index is 0.859. The van der Waals surface area contributed by atoms with Crippen LogP contribution in [0.1, 0.15) is 188 Å². The van der Waals surface area contributed by atoms with E-state index in [4.69, 9.17) is 18.9 Å². The number of unbranched alkanes of at least 4 members (excludes halogenated alkanes) is 16. The lowest BCUT2D eigenvalue weighted by Gasteiger charge is -2.11. The second kappa shape index (κ2) is 31.4. The van der Waals surface area contributed by atoms with Gasteiger partial charge in [-0.1, -0.05) is 189 Å². The number of carbonyl (C=O) groups is 4. The van der Waals surface area contributed by atoms with E-state index in [1.807, 2.05) is 30.3 Å². The molecule has 0 aliphatic heterocycles. The number of benzene rings is 7. The van der Waals surface area contributed by atoms with Crippen LogP contribution in [0.4, 0.5) is 8.78 Å². The topological polar surface area (TPSA) is 129 Å². The highest BCUT2D eigenvalue weighted by molar-refractivity contribution is 5.95. The predicted molar refractivity (Wildman–Crippen MR) is 309 cm³/mol. The maximum absolute atomic E-state index is 15.4. The zero-order valence-electron chi connectivity index (χ0n) is 46.0. The molecule has 0 aliphatic rings. The standard InChI is InChI=1S/C69H71F2NO8/c1-3-5-7-9-11-13-15-17-19-21-49-23-27-52(28-24-49)54-31-35-56(36-32-54)66(73)77-58-39-41-62(64(70)46-58)68(75)79-60-43-51(48-72)44-61(45-60)80-69(76)63-42-40-59(47-65(63)71)78-67(74)57-37-33-55(34-38-57)53-29-25-50(26-30-53)22-20-18-16-14-12-10-8-6-4-2/h23-47H,3-22H2,1-2H3. The lowest BCUT2D eigenvalue weighted by molar-refractivity contribution is 0.0720. The van der Waals surface area contributed by atoms with Crippen LogP contribution in [0, 0.1) is 23.0 Å². The second-order valence-corrected chi connectivity index (χ2v) is 20.4. The Hall–Kier alpha value is -8.23. The van der Waals surface area contributed by atoms with Crippen molar-refractivity contribution in [2.24, 2.45) is 0 Å². The van der Waals surface area contributed by atoms with Gasteiger partial charge in [-0.05, 0) is 120 Å². The number of hydrogen-bond acceptors (Lipinski definition) is 9. The van der Waals surface area contributed by atoms with Gasteiger partial charge < -0.3 is 18.9 Å². The fourth-order valence-electron chi connectivity index (χ4n) is 9.46. The van der Waals surface area contributed by atoms with Crippen LogP contribution in [0.2, 0.25) is 0 Å². The van der Waals surface area contributed by atoms with Gasteiger partial charge in [0.1, 0.15) is 34.6 Å². The average molecular weight is 1080 g/mol. The molecule has 11 heteroatoms. The number of nitrogens with zero attached hydrogens (tertiary/aromatic N) is 1. The Morgan fingerprint density at radius 3 is 1.00 bits per heavy atom. The SMILES string of the molecule is CCCCCCCCCCCc1ccc(-c2ccc(C(=O)Oc3ccc(C(=O)Oc4cc(C#N)cc(OC(=O)c5ccc(OC(=O)c6ccc(-c7ccc(CCCCCCCCCCC)cc7)cc6)cc5F)c4)c(F)c3)cc2)cc1. The van der Waals surface area contributed by atoms with Crippen molar-refractivity contribution in [3.63, 3.8) is 0 Å². The van der Waals surface area contributed by atoms with E-state index in [2.05, 4.69) is 62.4 Å². The van der Waals surface area contributed by atoms with Crippen LogP contribution >= 0.6 is 0 Å². The highest BCUT2D eigenvalue weighted by Crippen LogP contribution is 2.29. The van der Waals surface area contributed by atoms with Crippen molar-refractivity contribution in [3.8, 4) is 51.3 Å². The molecule has 0 atom stereocenters. The van der Waals surface area contributed by atoms with Gasteiger partial charge in [0.25, 0.3) is 0 Å². The molecule has 0 aliphatic carbocycles. The minimum atomic E-state index is -1.17. The van der Waals surface area contributed by atoms with Crippen LogP contribution in [0.15, 0.2) is 152 Å². The normalized spacial score (nSPS) is 10.9. The number of hydrogen-bond donors (Lipinski definition) is 0. The summed E-state index contributed by atoms with van der Waals surface area (Å²) in [6.45, 7) is 4.48. The van der Waals surface area contributed by atoms with Crippen molar-refractivity contribution in [1.82, 2.24) is 0 Å². The maximum Gasteiger partial charge on any atom is 0.346 e. The molecule has 0 N–H and O–H groups in total. The smallest absolute Gasteiger partial charge is 0.346 e. The summed E-state index contributed by atoms with van der Waals surface area (Å²) in [7, 11) is 0. The molecule has 7 rings (SSSR count). The van der Waals surface area contributed by atoms with E-state index >= 15 is 8.78 Å².